The van der Waals surface area contributed by atoms with Crippen molar-refractivity contribution in [2.24, 2.45) is 5.92 Å². The van der Waals surface area contributed by atoms with Crippen LogP contribution in [-0.2, 0) is 0 Å². The summed E-state index contributed by atoms with van der Waals surface area (Å²) in [6.07, 6.45) is 6.75. The third-order valence-electron chi connectivity index (χ3n) is 5.49. The molecule has 142 valence electrons. The van der Waals surface area contributed by atoms with Gasteiger partial charge in [0.2, 0.25) is 0 Å². The molecule has 2 atom stereocenters. The highest BCUT2D eigenvalue weighted by Gasteiger charge is 2.22. The van der Waals surface area contributed by atoms with Gasteiger partial charge in [0.25, 0.3) is 5.91 Å². The summed E-state index contributed by atoms with van der Waals surface area (Å²) in [4.78, 5) is 14.8. The molecule has 1 amide bonds. The van der Waals surface area contributed by atoms with Crippen LogP contribution in [0.3, 0.4) is 0 Å². The van der Waals surface area contributed by atoms with Gasteiger partial charge >= 0.3 is 0 Å². The fraction of sp³-hybridized carbons (Fsp3) is 0.778. The largest absolute Gasteiger partial charge is 0.349 e. The van der Waals surface area contributed by atoms with E-state index in [-0.39, 0.29) is 18.3 Å². The summed E-state index contributed by atoms with van der Waals surface area (Å²) in [5.74, 6) is 0.774. The number of amides is 1. The summed E-state index contributed by atoms with van der Waals surface area (Å²) in [6.45, 7) is 9.50. The van der Waals surface area contributed by atoms with E-state index >= 15 is 0 Å². The smallest absolute Gasteiger partial charge is 0.271 e. The van der Waals surface area contributed by atoms with Crippen molar-refractivity contribution in [2.75, 3.05) is 32.7 Å². The molecule has 0 aliphatic carbocycles. The average molecular weight is 370 g/mol. The van der Waals surface area contributed by atoms with Crippen molar-refractivity contribution >= 4 is 18.3 Å². The van der Waals surface area contributed by atoms with Crippen LogP contribution in [0.2, 0.25) is 0 Å². The Balaban J connectivity index is 0.00000225. The second kappa shape index (κ2) is 9.55. The van der Waals surface area contributed by atoms with Gasteiger partial charge in [-0.1, -0.05) is 6.92 Å². The normalized spacial score (nSPS) is 23.7. The maximum Gasteiger partial charge on any atom is 0.271 e. The van der Waals surface area contributed by atoms with Crippen molar-refractivity contribution in [3.63, 3.8) is 0 Å². The topological polar surface area (TPSA) is 62.2 Å². The number of rotatable bonds is 5. The van der Waals surface area contributed by atoms with Gasteiger partial charge in [0.15, 0.2) is 0 Å². The van der Waals surface area contributed by atoms with Crippen molar-refractivity contribution in [3.8, 4) is 0 Å². The molecule has 2 aliphatic rings. The molecular weight excluding hydrogens is 338 g/mol. The molecule has 1 aromatic rings. The fourth-order valence-corrected chi connectivity index (χ4v) is 3.65. The van der Waals surface area contributed by atoms with Gasteiger partial charge in [0.05, 0.1) is 6.04 Å². The predicted octanol–water partition coefficient (Wildman–Crippen LogP) is 2.08. The van der Waals surface area contributed by atoms with E-state index in [0.717, 1.165) is 44.9 Å². The summed E-state index contributed by atoms with van der Waals surface area (Å²) < 4.78 is 1.94. The molecule has 0 saturated carbocycles. The van der Waals surface area contributed by atoms with E-state index in [1.807, 2.05) is 16.9 Å². The minimum atomic E-state index is -0.0604. The number of carbonyl (C=O) groups excluding carboxylic acids is 1. The first-order valence-corrected chi connectivity index (χ1v) is 9.41. The molecule has 7 heteroatoms. The number of aromatic nitrogens is 2. The molecule has 2 unspecified atom stereocenters. The van der Waals surface area contributed by atoms with Gasteiger partial charge in [-0.3, -0.25) is 14.4 Å². The van der Waals surface area contributed by atoms with Gasteiger partial charge < -0.3 is 10.6 Å². The minimum Gasteiger partial charge on any atom is -0.349 e. The van der Waals surface area contributed by atoms with Gasteiger partial charge in [-0.2, -0.15) is 5.10 Å². The maximum atomic E-state index is 12.4. The van der Waals surface area contributed by atoms with Crippen molar-refractivity contribution in [1.82, 2.24) is 25.3 Å². The van der Waals surface area contributed by atoms with Crippen LogP contribution < -0.4 is 10.6 Å². The molecule has 25 heavy (non-hydrogen) atoms. The molecule has 2 fully saturated rings. The summed E-state index contributed by atoms with van der Waals surface area (Å²) in [5, 5.41) is 10.9. The second-order valence-electron chi connectivity index (χ2n) is 7.46. The Hall–Kier alpha value is -1.11. The first kappa shape index (κ1) is 20.2. The molecule has 1 aromatic heterocycles. The van der Waals surface area contributed by atoms with Gasteiger partial charge in [0.1, 0.15) is 5.69 Å². The molecular formula is C18H32ClN5O. The second-order valence-corrected chi connectivity index (χ2v) is 7.46. The number of hydrogen-bond donors (Lipinski definition) is 2. The molecule has 0 bridgehead atoms. The summed E-state index contributed by atoms with van der Waals surface area (Å²) in [5.41, 5.74) is 0.528. The van der Waals surface area contributed by atoms with Gasteiger partial charge in [-0.15, -0.1) is 12.4 Å². The van der Waals surface area contributed by atoms with Crippen LogP contribution in [0.25, 0.3) is 0 Å². The lowest BCUT2D eigenvalue weighted by Gasteiger charge is -2.34. The first-order chi connectivity index (χ1) is 11.6. The third-order valence-corrected chi connectivity index (χ3v) is 5.49. The third kappa shape index (κ3) is 5.43. The molecule has 2 aliphatic heterocycles. The highest BCUT2D eigenvalue weighted by molar-refractivity contribution is 5.92. The van der Waals surface area contributed by atoms with Crippen LogP contribution in [0.4, 0.5) is 0 Å². The first-order valence-electron chi connectivity index (χ1n) is 9.41. The molecule has 2 saturated heterocycles. The zero-order valence-corrected chi connectivity index (χ0v) is 16.2. The molecule has 6 nitrogen and oxygen atoms in total. The number of nitrogens with one attached hydrogen (secondary N) is 2. The lowest BCUT2D eigenvalue weighted by molar-refractivity contribution is 0.0915. The maximum absolute atomic E-state index is 12.4. The van der Waals surface area contributed by atoms with Crippen LogP contribution in [0.5, 0.6) is 0 Å². The van der Waals surface area contributed by atoms with E-state index in [0.29, 0.717) is 24.3 Å². The fourth-order valence-electron chi connectivity index (χ4n) is 3.65. The minimum absolute atomic E-state index is 0. The number of carbonyl (C=O) groups is 1. The van der Waals surface area contributed by atoms with E-state index in [2.05, 4.69) is 34.5 Å². The Morgan fingerprint density at radius 3 is 2.84 bits per heavy atom. The Kier molecular flexibility index (Phi) is 7.72. The number of halogens is 1. The number of likely N-dealkylation sites (tertiary alicyclic amines) is 1. The lowest BCUT2D eigenvalue weighted by atomic mass is 9.98. The van der Waals surface area contributed by atoms with Crippen molar-refractivity contribution in [3.05, 3.63) is 18.0 Å². The quantitative estimate of drug-likeness (QED) is 0.834. The van der Waals surface area contributed by atoms with E-state index in [9.17, 15) is 4.79 Å². The number of nitrogens with zero attached hydrogens (tertiary/aromatic N) is 3. The van der Waals surface area contributed by atoms with E-state index in [4.69, 9.17) is 0 Å². The van der Waals surface area contributed by atoms with Gasteiger partial charge in [0, 0.05) is 25.3 Å². The Labute approximate surface area is 157 Å². The lowest BCUT2D eigenvalue weighted by Crippen LogP contribution is -2.45. The number of hydrogen-bond acceptors (Lipinski definition) is 4. The van der Waals surface area contributed by atoms with Gasteiger partial charge in [-0.25, -0.2) is 0 Å². The van der Waals surface area contributed by atoms with E-state index < -0.39 is 0 Å². The molecule has 0 spiro atoms. The molecule has 0 aromatic carbocycles. The summed E-state index contributed by atoms with van der Waals surface area (Å²) in [6, 6.07) is 2.58. The number of piperidine rings is 2. The van der Waals surface area contributed by atoms with E-state index in [1.165, 1.54) is 12.8 Å². The van der Waals surface area contributed by atoms with Crippen LogP contribution >= 0.6 is 12.4 Å². The monoisotopic (exact) mass is 369 g/mol. The molecule has 3 heterocycles. The zero-order chi connectivity index (χ0) is 16.9. The zero-order valence-electron chi connectivity index (χ0n) is 15.4. The highest BCUT2D eigenvalue weighted by atomic mass is 35.5. The average Bonchev–Trinajstić information content (AvgIpc) is 3.11. The Bertz CT molecular complexity index is 535. The summed E-state index contributed by atoms with van der Waals surface area (Å²) >= 11 is 0. The van der Waals surface area contributed by atoms with Crippen LogP contribution in [0, 0.1) is 5.92 Å². The van der Waals surface area contributed by atoms with Crippen molar-refractivity contribution in [1.29, 1.82) is 0 Å². The van der Waals surface area contributed by atoms with Crippen LogP contribution in [-0.4, -0.2) is 59.4 Å². The van der Waals surface area contributed by atoms with Crippen LogP contribution in [0.1, 0.15) is 56.1 Å². The Morgan fingerprint density at radius 1 is 1.40 bits per heavy atom. The molecule has 2 N–H and O–H groups in total. The predicted molar refractivity (Wildman–Crippen MR) is 102 cm³/mol. The molecule has 0 radical (unpaired) electrons. The SMILES string of the molecule is CC1CCN(C(C)CNC(=O)c2ccn(C3CCCNC3)n2)CC1.Cl. The van der Waals surface area contributed by atoms with Crippen LogP contribution in [0.15, 0.2) is 12.3 Å². The van der Waals surface area contributed by atoms with E-state index in [1.54, 1.807) is 0 Å². The molecule has 3 rings (SSSR count). The standard InChI is InChI=1S/C18H31N5O.ClH/c1-14-5-9-22(10-6-14)15(2)12-20-18(24)17-7-11-23(21-17)16-4-3-8-19-13-16;/h7,11,14-16,19H,3-6,8-10,12-13H2,1-2H3,(H,20,24);1H. The highest BCUT2D eigenvalue weighted by Crippen LogP contribution is 2.18. The Morgan fingerprint density at radius 2 is 2.16 bits per heavy atom. The van der Waals surface area contributed by atoms with Crippen molar-refractivity contribution in [2.45, 2.75) is 51.6 Å². The van der Waals surface area contributed by atoms with Gasteiger partial charge in [-0.05, 0) is 64.2 Å². The van der Waals surface area contributed by atoms with Crippen molar-refractivity contribution < 1.29 is 4.79 Å². The summed E-state index contributed by atoms with van der Waals surface area (Å²) in [7, 11) is 0.